The van der Waals surface area contributed by atoms with Crippen molar-refractivity contribution in [1.29, 1.82) is 0 Å². The number of thiocarbonyl (C=S) groups is 1. The van der Waals surface area contributed by atoms with Crippen molar-refractivity contribution in [1.82, 2.24) is 15.0 Å². The molecule has 126 valence electrons. The summed E-state index contributed by atoms with van der Waals surface area (Å²) >= 11 is 9.93. The molecule has 1 heterocycles. The maximum Gasteiger partial charge on any atom is 0.268 e. The molecule has 2 aromatic rings. The summed E-state index contributed by atoms with van der Waals surface area (Å²) in [7, 11) is 0. The highest BCUT2D eigenvalue weighted by Gasteiger charge is 2.10. The van der Waals surface area contributed by atoms with Crippen LogP contribution in [0.25, 0.3) is 5.69 Å². The molecule has 4 N–H and O–H groups in total. The molecule has 2 rings (SSSR count). The predicted molar refractivity (Wildman–Crippen MR) is 101 cm³/mol. The summed E-state index contributed by atoms with van der Waals surface area (Å²) < 4.78 is 7.07. The highest BCUT2D eigenvalue weighted by Crippen LogP contribution is 2.14. The Kier molecular flexibility index (Phi) is 5.83. The van der Waals surface area contributed by atoms with Crippen molar-refractivity contribution < 1.29 is 4.74 Å². The van der Waals surface area contributed by atoms with E-state index < -0.39 is 0 Å². The van der Waals surface area contributed by atoms with Gasteiger partial charge in [0, 0.05) is 6.20 Å². The molecule has 0 aliphatic heterocycles. The van der Waals surface area contributed by atoms with Crippen LogP contribution in [0.1, 0.15) is 19.4 Å². The number of hydrazone groups is 1. The van der Waals surface area contributed by atoms with Gasteiger partial charge < -0.3 is 15.5 Å². The van der Waals surface area contributed by atoms with Crippen LogP contribution in [0, 0.1) is 4.77 Å². The number of aromatic nitrogens is 2. The van der Waals surface area contributed by atoms with E-state index in [0.29, 0.717) is 23.6 Å². The third-order valence-electron chi connectivity index (χ3n) is 3.11. The van der Waals surface area contributed by atoms with Crippen LogP contribution in [0.2, 0.25) is 0 Å². The van der Waals surface area contributed by atoms with E-state index in [9.17, 15) is 4.79 Å². The third kappa shape index (κ3) is 4.06. The number of hydrogen-bond donors (Lipinski definition) is 3. The number of benzene rings is 1. The van der Waals surface area contributed by atoms with Gasteiger partial charge in [0.2, 0.25) is 0 Å². The van der Waals surface area contributed by atoms with Crippen LogP contribution >= 0.6 is 24.4 Å². The summed E-state index contributed by atoms with van der Waals surface area (Å²) in [6.45, 7) is 4.14. The number of hydrogen-bond acceptors (Lipinski definition) is 5. The molecule has 0 fully saturated rings. The molecule has 0 aliphatic rings. The van der Waals surface area contributed by atoms with Crippen LogP contribution < -0.4 is 21.5 Å². The number of nitrogens with zero attached hydrogens (tertiary/aromatic N) is 2. The molecule has 7 nitrogen and oxygen atoms in total. The fourth-order valence-electron chi connectivity index (χ4n) is 2.02. The van der Waals surface area contributed by atoms with Gasteiger partial charge in [-0.25, -0.2) is 0 Å². The van der Waals surface area contributed by atoms with Gasteiger partial charge in [-0.2, -0.15) is 5.10 Å². The monoisotopic (exact) mass is 363 g/mol. The molecule has 24 heavy (non-hydrogen) atoms. The van der Waals surface area contributed by atoms with Gasteiger partial charge in [-0.1, -0.05) is 0 Å². The minimum Gasteiger partial charge on any atom is -0.494 e. The highest BCUT2D eigenvalue weighted by molar-refractivity contribution is 7.80. The number of ether oxygens (including phenoxy) is 1. The Morgan fingerprint density at radius 2 is 2.08 bits per heavy atom. The topological polar surface area (TPSA) is 97.4 Å². The van der Waals surface area contributed by atoms with Crippen LogP contribution in [0.4, 0.5) is 0 Å². The van der Waals surface area contributed by atoms with Gasteiger partial charge in [-0.05, 0) is 62.5 Å². The first-order valence-corrected chi connectivity index (χ1v) is 7.93. The molecule has 0 saturated heterocycles. The molecule has 1 aromatic heterocycles. The van der Waals surface area contributed by atoms with E-state index in [4.69, 9.17) is 34.9 Å². The Morgan fingerprint density at radius 3 is 2.67 bits per heavy atom. The van der Waals surface area contributed by atoms with Crippen molar-refractivity contribution in [3.8, 4) is 11.4 Å². The fourth-order valence-corrected chi connectivity index (χ4v) is 2.32. The van der Waals surface area contributed by atoms with E-state index in [2.05, 4.69) is 15.5 Å². The average Bonchev–Trinajstić information content (AvgIpc) is 2.54. The predicted octanol–water partition coefficient (Wildman–Crippen LogP) is 1.85. The second-order valence-electron chi connectivity index (χ2n) is 4.75. The second-order valence-corrected chi connectivity index (χ2v) is 5.57. The Labute approximate surface area is 149 Å². The van der Waals surface area contributed by atoms with Gasteiger partial charge in [0.25, 0.3) is 5.56 Å². The van der Waals surface area contributed by atoms with Gasteiger partial charge in [0.1, 0.15) is 5.75 Å². The lowest BCUT2D eigenvalue weighted by molar-refractivity contribution is 0.340. The van der Waals surface area contributed by atoms with Gasteiger partial charge in [0.15, 0.2) is 9.88 Å². The number of H-pyrrole nitrogens is 1. The molecule has 0 radical (unpaired) electrons. The molecular weight excluding hydrogens is 346 g/mol. The molecule has 9 heteroatoms. The van der Waals surface area contributed by atoms with Crippen molar-refractivity contribution >= 4 is 35.3 Å². The first-order valence-electron chi connectivity index (χ1n) is 7.12. The summed E-state index contributed by atoms with van der Waals surface area (Å²) in [4.78, 5) is 15.6. The van der Waals surface area contributed by atoms with Crippen LogP contribution in [-0.2, 0) is 0 Å². The van der Waals surface area contributed by atoms with Crippen LogP contribution in [0.5, 0.6) is 5.75 Å². The van der Waals surface area contributed by atoms with Crippen molar-refractivity contribution in [2.24, 2.45) is 10.8 Å². The third-order valence-corrected chi connectivity index (χ3v) is 3.50. The quantitative estimate of drug-likeness (QED) is 0.426. The lowest BCUT2D eigenvalue weighted by Crippen LogP contribution is -2.29. The zero-order valence-corrected chi connectivity index (χ0v) is 14.8. The Bertz CT molecular complexity index is 884. The second kappa shape index (κ2) is 7.84. The van der Waals surface area contributed by atoms with E-state index in [1.165, 1.54) is 10.8 Å². The first-order chi connectivity index (χ1) is 11.4. The molecule has 0 bridgehead atoms. The standard InChI is InChI=1S/C15H17N5O2S2/c1-3-22-11-6-4-10(5-7-11)20-13(21)12(8-17-15(20)24)9(2)18-19-14(16)23/h4-8H,3H2,1-2H3,(H,17,24)(H3,16,19,23)/b18-9-. The van der Waals surface area contributed by atoms with Crippen molar-refractivity contribution in [2.75, 3.05) is 6.61 Å². The largest absolute Gasteiger partial charge is 0.494 e. The number of nitrogens with one attached hydrogen (secondary N) is 2. The van der Waals surface area contributed by atoms with E-state index in [0.717, 1.165) is 5.75 Å². The molecule has 0 spiro atoms. The Hall–Kier alpha value is -2.52. The summed E-state index contributed by atoms with van der Waals surface area (Å²) in [6.07, 6.45) is 1.51. The van der Waals surface area contributed by atoms with Gasteiger partial charge in [0.05, 0.1) is 23.6 Å². The number of nitrogens with two attached hydrogens (primary N) is 1. The molecule has 0 amide bonds. The van der Waals surface area contributed by atoms with Crippen LogP contribution in [0.3, 0.4) is 0 Å². The summed E-state index contributed by atoms with van der Waals surface area (Å²) in [5.41, 5.74) is 8.90. The molecule has 0 unspecified atom stereocenters. The SMILES string of the molecule is CCOc1ccc(-n2c(=S)[nH]cc(/C(C)=N\NC(N)=S)c2=O)cc1. The maximum atomic E-state index is 12.8. The molecule has 0 saturated carbocycles. The average molecular weight is 363 g/mol. The van der Waals surface area contributed by atoms with Crippen molar-refractivity contribution in [3.05, 3.63) is 51.2 Å². The maximum absolute atomic E-state index is 12.8. The first kappa shape index (κ1) is 17.8. The van der Waals surface area contributed by atoms with E-state index in [-0.39, 0.29) is 15.4 Å². The molecule has 0 aliphatic carbocycles. The van der Waals surface area contributed by atoms with Gasteiger partial charge >= 0.3 is 0 Å². The molecular formula is C15H17N5O2S2. The zero-order valence-electron chi connectivity index (χ0n) is 13.2. The molecule has 1 aromatic carbocycles. The Morgan fingerprint density at radius 1 is 1.42 bits per heavy atom. The minimum absolute atomic E-state index is 0.0186. The smallest absolute Gasteiger partial charge is 0.268 e. The van der Waals surface area contributed by atoms with Crippen molar-refractivity contribution in [2.45, 2.75) is 13.8 Å². The lowest BCUT2D eigenvalue weighted by atomic mass is 10.2. The van der Waals surface area contributed by atoms with Crippen LogP contribution in [0.15, 0.2) is 40.4 Å². The van der Waals surface area contributed by atoms with E-state index in [1.807, 2.05) is 6.92 Å². The lowest BCUT2D eigenvalue weighted by Gasteiger charge is -2.10. The minimum atomic E-state index is -0.297. The fraction of sp³-hybridized carbons (Fsp3) is 0.200. The normalized spacial score (nSPS) is 11.2. The zero-order chi connectivity index (χ0) is 17.7. The van der Waals surface area contributed by atoms with E-state index in [1.54, 1.807) is 31.2 Å². The van der Waals surface area contributed by atoms with Crippen molar-refractivity contribution in [3.63, 3.8) is 0 Å². The van der Waals surface area contributed by atoms with Gasteiger partial charge in [-0.15, -0.1) is 0 Å². The number of rotatable bonds is 5. The summed E-state index contributed by atoms with van der Waals surface area (Å²) in [5, 5.41) is 3.99. The molecule has 0 atom stereocenters. The summed E-state index contributed by atoms with van der Waals surface area (Å²) in [6, 6.07) is 7.09. The Balaban J connectivity index is 2.49. The van der Waals surface area contributed by atoms with Crippen LogP contribution in [-0.4, -0.2) is 27.0 Å². The highest BCUT2D eigenvalue weighted by atomic mass is 32.1. The summed E-state index contributed by atoms with van der Waals surface area (Å²) in [5.74, 6) is 0.721. The van der Waals surface area contributed by atoms with E-state index >= 15 is 0 Å². The van der Waals surface area contributed by atoms with Gasteiger partial charge in [-0.3, -0.25) is 14.8 Å². The number of aromatic amines is 1.